The largest absolute Gasteiger partial charge is 0.399 e. The molecule has 0 radical (unpaired) electrons. The van der Waals surface area contributed by atoms with Crippen LogP contribution in [0.3, 0.4) is 0 Å². The van der Waals surface area contributed by atoms with Crippen molar-refractivity contribution in [3.63, 3.8) is 0 Å². The van der Waals surface area contributed by atoms with Gasteiger partial charge in [-0.15, -0.1) is 0 Å². The van der Waals surface area contributed by atoms with Crippen molar-refractivity contribution in [1.82, 2.24) is 9.62 Å². The quantitative estimate of drug-likeness (QED) is 0.745. The van der Waals surface area contributed by atoms with Crippen molar-refractivity contribution < 1.29 is 13.2 Å². The highest BCUT2D eigenvalue weighted by Crippen LogP contribution is 2.22. The van der Waals surface area contributed by atoms with E-state index in [9.17, 15) is 13.2 Å². The van der Waals surface area contributed by atoms with E-state index in [4.69, 9.17) is 11.0 Å². The molecule has 1 aromatic carbocycles. The van der Waals surface area contributed by atoms with Crippen LogP contribution in [0.4, 0.5) is 5.69 Å². The summed E-state index contributed by atoms with van der Waals surface area (Å²) in [6.07, 6.45) is 1.86. The van der Waals surface area contributed by atoms with Crippen LogP contribution in [-0.2, 0) is 14.8 Å². The van der Waals surface area contributed by atoms with Crippen LogP contribution in [0.2, 0.25) is 0 Å². The van der Waals surface area contributed by atoms with Crippen LogP contribution in [0.15, 0.2) is 23.1 Å². The number of carbonyl (C=O) groups is 1. The van der Waals surface area contributed by atoms with E-state index in [0.29, 0.717) is 5.69 Å². The maximum absolute atomic E-state index is 12.4. The number of nitrogens with two attached hydrogens (primary N) is 1. The molecule has 1 amide bonds. The molecule has 0 spiro atoms. The number of benzene rings is 1. The number of nitrogens with one attached hydrogen (secondary N) is 1. The molecule has 1 saturated carbocycles. The van der Waals surface area contributed by atoms with Crippen molar-refractivity contribution in [2.75, 3.05) is 19.3 Å². The Hall–Kier alpha value is -2.11. The third-order valence-corrected chi connectivity index (χ3v) is 4.98. The molecule has 0 atom stereocenters. The van der Waals surface area contributed by atoms with Gasteiger partial charge in [0, 0.05) is 18.8 Å². The van der Waals surface area contributed by atoms with Gasteiger partial charge in [-0.2, -0.15) is 9.57 Å². The Bertz CT molecular complexity index is 705. The Morgan fingerprint density at radius 3 is 2.76 bits per heavy atom. The van der Waals surface area contributed by atoms with E-state index in [-0.39, 0.29) is 29.0 Å². The highest BCUT2D eigenvalue weighted by Gasteiger charge is 2.28. The third-order valence-electron chi connectivity index (χ3n) is 3.12. The number of sulfonamides is 1. The Labute approximate surface area is 123 Å². The van der Waals surface area contributed by atoms with Crippen molar-refractivity contribution in [1.29, 1.82) is 5.26 Å². The molecule has 1 aromatic rings. The summed E-state index contributed by atoms with van der Waals surface area (Å²) in [6.45, 7) is -0.284. The average molecular weight is 308 g/mol. The van der Waals surface area contributed by atoms with Crippen LogP contribution in [0.5, 0.6) is 0 Å². The van der Waals surface area contributed by atoms with Crippen LogP contribution in [-0.4, -0.2) is 38.3 Å². The smallest absolute Gasteiger partial charge is 0.244 e. The number of carbonyl (C=O) groups excluding carboxylic acids is 1. The summed E-state index contributed by atoms with van der Waals surface area (Å²) in [7, 11) is -2.61. The molecule has 0 heterocycles. The highest BCUT2D eigenvalue weighted by atomic mass is 32.2. The highest BCUT2D eigenvalue weighted by molar-refractivity contribution is 7.89. The van der Waals surface area contributed by atoms with E-state index < -0.39 is 10.0 Å². The summed E-state index contributed by atoms with van der Waals surface area (Å²) in [5.74, 6) is -0.350. The van der Waals surface area contributed by atoms with Crippen molar-refractivity contribution in [3.8, 4) is 6.07 Å². The Morgan fingerprint density at radius 1 is 1.52 bits per heavy atom. The molecule has 3 N–H and O–H groups in total. The Kier molecular flexibility index (Phi) is 4.16. The minimum absolute atomic E-state index is 0.0375. The minimum atomic E-state index is -3.91. The second-order valence-electron chi connectivity index (χ2n) is 4.97. The van der Waals surface area contributed by atoms with E-state index >= 15 is 0 Å². The van der Waals surface area contributed by atoms with Gasteiger partial charge in [0.25, 0.3) is 0 Å². The summed E-state index contributed by atoms with van der Waals surface area (Å²) in [6, 6.07) is 5.95. The molecule has 112 valence electrons. The van der Waals surface area contributed by atoms with Gasteiger partial charge in [-0.1, -0.05) is 0 Å². The van der Waals surface area contributed by atoms with Crippen LogP contribution in [0.25, 0.3) is 0 Å². The maximum atomic E-state index is 12.4. The lowest BCUT2D eigenvalue weighted by atomic mass is 10.2. The number of rotatable bonds is 5. The molecule has 0 unspecified atom stereocenters. The zero-order chi connectivity index (χ0) is 15.6. The molecular weight excluding hydrogens is 292 g/mol. The van der Waals surface area contributed by atoms with Gasteiger partial charge in [0.1, 0.15) is 11.0 Å². The number of hydrogen-bond acceptors (Lipinski definition) is 5. The van der Waals surface area contributed by atoms with E-state index in [1.54, 1.807) is 6.07 Å². The number of nitriles is 1. The van der Waals surface area contributed by atoms with Gasteiger partial charge in [-0.25, -0.2) is 8.42 Å². The average Bonchev–Trinajstić information content (AvgIpc) is 3.21. The van der Waals surface area contributed by atoms with E-state index in [0.717, 1.165) is 17.1 Å². The maximum Gasteiger partial charge on any atom is 0.244 e. The van der Waals surface area contributed by atoms with Gasteiger partial charge in [-0.3, -0.25) is 4.79 Å². The number of amides is 1. The topological polar surface area (TPSA) is 116 Å². The second kappa shape index (κ2) is 5.71. The van der Waals surface area contributed by atoms with Crippen LogP contribution in [0.1, 0.15) is 18.4 Å². The van der Waals surface area contributed by atoms with Gasteiger partial charge in [0.05, 0.1) is 12.1 Å². The molecule has 1 fully saturated rings. The summed E-state index contributed by atoms with van der Waals surface area (Å²) in [5.41, 5.74) is 5.81. The first-order valence-electron chi connectivity index (χ1n) is 6.40. The predicted molar refractivity (Wildman–Crippen MR) is 76.5 cm³/mol. The normalized spacial score (nSPS) is 14.7. The van der Waals surface area contributed by atoms with Gasteiger partial charge in [-0.05, 0) is 31.0 Å². The first kappa shape index (κ1) is 15.3. The zero-order valence-corrected chi connectivity index (χ0v) is 12.4. The fourth-order valence-corrected chi connectivity index (χ4v) is 3.06. The summed E-state index contributed by atoms with van der Waals surface area (Å²) < 4.78 is 25.8. The van der Waals surface area contributed by atoms with Gasteiger partial charge < -0.3 is 11.1 Å². The summed E-state index contributed by atoms with van der Waals surface area (Å²) in [4.78, 5) is 11.5. The third kappa shape index (κ3) is 3.51. The van der Waals surface area contributed by atoms with E-state index in [2.05, 4.69) is 5.32 Å². The molecule has 0 aromatic heterocycles. The Balaban J connectivity index is 2.20. The Morgan fingerprint density at radius 2 is 2.19 bits per heavy atom. The van der Waals surface area contributed by atoms with Gasteiger partial charge in [0.2, 0.25) is 15.9 Å². The molecule has 7 nitrogen and oxygen atoms in total. The fraction of sp³-hybridized carbons (Fsp3) is 0.385. The molecule has 0 bridgehead atoms. The first-order valence-corrected chi connectivity index (χ1v) is 7.84. The van der Waals surface area contributed by atoms with Crippen molar-refractivity contribution in [3.05, 3.63) is 23.8 Å². The van der Waals surface area contributed by atoms with Crippen molar-refractivity contribution in [2.24, 2.45) is 0 Å². The van der Waals surface area contributed by atoms with Crippen molar-refractivity contribution >= 4 is 21.6 Å². The second-order valence-corrected chi connectivity index (χ2v) is 6.98. The molecule has 2 rings (SSSR count). The monoisotopic (exact) mass is 308 g/mol. The van der Waals surface area contributed by atoms with Crippen LogP contribution >= 0.6 is 0 Å². The standard InChI is InChI=1S/C13H16N4O3S/c1-17(8-13(18)16-11-3-4-11)21(19,20)12-5-2-10(15)6-9(12)7-14/h2,5-6,11H,3-4,8,15H2,1H3,(H,16,18). The van der Waals surface area contributed by atoms with E-state index in [1.807, 2.05) is 0 Å². The molecule has 0 saturated heterocycles. The lowest BCUT2D eigenvalue weighted by Crippen LogP contribution is -2.39. The predicted octanol–water partition coefficient (Wildman–Crippen LogP) is 0.0396. The fourth-order valence-electron chi connectivity index (χ4n) is 1.82. The van der Waals surface area contributed by atoms with Gasteiger partial charge >= 0.3 is 0 Å². The molecule has 0 aliphatic heterocycles. The summed E-state index contributed by atoms with van der Waals surface area (Å²) in [5, 5.41) is 11.7. The van der Waals surface area contributed by atoms with Crippen LogP contribution in [0, 0.1) is 11.3 Å². The number of hydrogen-bond donors (Lipinski definition) is 2. The molecular formula is C13H16N4O3S. The molecule has 21 heavy (non-hydrogen) atoms. The minimum Gasteiger partial charge on any atom is -0.399 e. The lowest BCUT2D eigenvalue weighted by molar-refractivity contribution is -0.121. The van der Waals surface area contributed by atoms with Crippen molar-refractivity contribution in [2.45, 2.75) is 23.8 Å². The van der Waals surface area contributed by atoms with E-state index in [1.165, 1.54) is 25.2 Å². The molecule has 1 aliphatic rings. The zero-order valence-electron chi connectivity index (χ0n) is 11.5. The number of likely N-dealkylation sites (N-methyl/N-ethyl adjacent to an activating group) is 1. The molecule has 8 heteroatoms. The number of anilines is 1. The molecule has 1 aliphatic carbocycles. The number of nitrogen functional groups attached to an aromatic ring is 1. The van der Waals surface area contributed by atoms with Crippen LogP contribution < -0.4 is 11.1 Å². The summed E-state index contributed by atoms with van der Waals surface area (Å²) >= 11 is 0. The lowest BCUT2D eigenvalue weighted by Gasteiger charge is -2.17. The van der Waals surface area contributed by atoms with Gasteiger partial charge in [0.15, 0.2) is 0 Å². The number of nitrogens with zero attached hydrogens (tertiary/aromatic N) is 2. The SMILES string of the molecule is CN(CC(=O)NC1CC1)S(=O)(=O)c1ccc(N)cc1C#N. The first-order chi connectivity index (χ1) is 9.84.